The Labute approximate surface area is 125 Å². The molecule has 1 aromatic carbocycles. The molecule has 0 fully saturated rings. The molecule has 0 spiro atoms. The first-order valence-electron chi connectivity index (χ1n) is 6.41. The Hall–Kier alpha value is -1.33. The predicted molar refractivity (Wildman–Crippen MR) is 78.4 cm³/mol. The number of nitrogens with zero attached hydrogens (tertiary/aromatic N) is 1. The Balaban J connectivity index is 2.47. The Bertz CT molecular complexity index is 590. The lowest BCUT2D eigenvalue weighted by Crippen LogP contribution is -2.24. The van der Waals surface area contributed by atoms with Gasteiger partial charge in [-0.3, -0.25) is 4.98 Å². The van der Waals surface area contributed by atoms with Crippen molar-refractivity contribution < 1.29 is 8.78 Å². The van der Waals surface area contributed by atoms with E-state index >= 15 is 0 Å². The Morgan fingerprint density at radius 2 is 2.05 bits per heavy atom. The SMILES string of the molecule is CCCNC(c1ccncc1F)c1cc(F)ccc1Br. The van der Waals surface area contributed by atoms with Crippen molar-refractivity contribution in [2.45, 2.75) is 19.4 Å². The van der Waals surface area contributed by atoms with Crippen molar-refractivity contribution in [3.63, 3.8) is 0 Å². The minimum Gasteiger partial charge on any atom is -0.306 e. The largest absolute Gasteiger partial charge is 0.306 e. The lowest BCUT2D eigenvalue weighted by atomic mass is 9.99. The van der Waals surface area contributed by atoms with Gasteiger partial charge in [0.2, 0.25) is 0 Å². The number of halogens is 3. The maximum absolute atomic E-state index is 14.0. The van der Waals surface area contributed by atoms with Gasteiger partial charge in [0, 0.05) is 16.2 Å². The van der Waals surface area contributed by atoms with Gasteiger partial charge in [-0.15, -0.1) is 0 Å². The van der Waals surface area contributed by atoms with Crippen LogP contribution in [0.1, 0.15) is 30.5 Å². The molecule has 0 amide bonds. The number of hydrogen-bond donors (Lipinski definition) is 1. The summed E-state index contributed by atoms with van der Waals surface area (Å²) in [6.07, 6.45) is 3.60. The van der Waals surface area contributed by atoms with E-state index in [4.69, 9.17) is 0 Å². The van der Waals surface area contributed by atoms with E-state index in [0.29, 0.717) is 17.7 Å². The summed E-state index contributed by atoms with van der Waals surface area (Å²) < 4.78 is 28.2. The van der Waals surface area contributed by atoms with Crippen LogP contribution in [0, 0.1) is 11.6 Å². The molecule has 1 unspecified atom stereocenters. The minimum atomic E-state index is -0.414. The van der Waals surface area contributed by atoms with Crippen LogP contribution in [0.3, 0.4) is 0 Å². The standard InChI is InChI=1S/C15H15BrF2N2/c1-2-6-20-15(11-5-7-19-9-14(11)18)12-8-10(17)3-4-13(12)16/h3-5,7-9,15,20H,2,6H2,1H3. The van der Waals surface area contributed by atoms with Gasteiger partial charge in [0.25, 0.3) is 0 Å². The predicted octanol–water partition coefficient (Wildman–Crippen LogP) is 4.21. The zero-order valence-corrected chi connectivity index (χ0v) is 12.6. The molecule has 0 aliphatic heterocycles. The monoisotopic (exact) mass is 340 g/mol. The lowest BCUT2D eigenvalue weighted by Gasteiger charge is -2.21. The topological polar surface area (TPSA) is 24.9 Å². The molecule has 2 aromatic rings. The molecule has 0 bridgehead atoms. The van der Waals surface area contributed by atoms with Crippen molar-refractivity contribution >= 4 is 15.9 Å². The van der Waals surface area contributed by atoms with Crippen molar-refractivity contribution in [1.82, 2.24) is 10.3 Å². The lowest BCUT2D eigenvalue weighted by molar-refractivity contribution is 0.538. The normalized spacial score (nSPS) is 12.4. The van der Waals surface area contributed by atoms with E-state index in [1.54, 1.807) is 12.1 Å². The van der Waals surface area contributed by atoms with Crippen LogP contribution in [-0.4, -0.2) is 11.5 Å². The Kier molecular flexibility index (Phi) is 5.20. The third kappa shape index (κ3) is 3.41. The number of benzene rings is 1. The fourth-order valence-corrected chi connectivity index (χ4v) is 2.51. The van der Waals surface area contributed by atoms with Crippen molar-refractivity contribution in [1.29, 1.82) is 0 Å². The summed E-state index contributed by atoms with van der Waals surface area (Å²) in [6, 6.07) is 5.61. The van der Waals surface area contributed by atoms with Gasteiger partial charge in [-0.2, -0.15) is 0 Å². The second-order valence-electron chi connectivity index (χ2n) is 4.45. The van der Waals surface area contributed by atoms with Gasteiger partial charge < -0.3 is 5.32 Å². The third-order valence-electron chi connectivity index (χ3n) is 2.98. The fourth-order valence-electron chi connectivity index (χ4n) is 2.03. The molecule has 0 aliphatic rings. The number of nitrogens with one attached hydrogen (secondary N) is 1. The molecule has 1 N–H and O–H groups in total. The highest BCUT2D eigenvalue weighted by Crippen LogP contribution is 2.30. The van der Waals surface area contributed by atoms with E-state index in [1.807, 2.05) is 6.92 Å². The molecule has 0 radical (unpaired) electrons. The van der Waals surface area contributed by atoms with Crippen molar-refractivity contribution in [3.05, 3.63) is 63.9 Å². The first kappa shape index (κ1) is 15.1. The van der Waals surface area contributed by atoms with Gasteiger partial charge in [-0.25, -0.2) is 8.78 Å². The van der Waals surface area contributed by atoms with Crippen molar-refractivity contribution in [3.8, 4) is 0 Å². The summed E-state index contributed by atoms with van der Waals surface area (Å²) >= 11 is 3.40. The zero-order chi connectivity index (χ0) is 14.5. The molecule has 1 aromatic heterocycles. The molecule has 5 heteroatoms. The van der Waals surface area contributed by atoms with Crippen molar-refractivity contribution in [2.24, 2.45) is 0 Å². The molecule has 106 valence electrons. The zero-order valence-electron chi connectivity index (χ0n) is 11.0. The smallest absolute Gasteiger partial charge is 0.146 e. The maximum atomic E-state index is 14.0. The summed E-state index contributed by atoms with van der Waals surface area (Å²) in [6.45, 7) is 2.73. The van der Waals surface area contributed by atoms with Crippen LogP contribution in [-0.2, 0) is 0 Å². The summed E-state index contributed by atoms with van der Waals surface area (Å²) in [7, 11) is 0. The average molecular weight is 341 g/mol. The van der Waals surface area contributed by atoms with Crippen LogP contribution in [0.4, 0.5) is 8.78 Å². The summed E-state index contributed by atoms with van der Waals surface area (Å²) in [4.78, 5) is 3.75. The first-order chi connectivity index (χ1) is 9.63. The van der Waals surface area contributed by atoms with E-state index < -0.39 is 11.9 Å². The summed E-state index contributed by atoms with van der Waals surface area (Å²) in [5.74, 6) is -0.752. The van der Waals surface area contributed by atoms with Crippen LogP contribution >= 0.6 is 15.9 Å². The van der Waals surface area contributed by atoms with Crippen LogP contribution < -0.4 is 5.32 Å². The van der Waals surface area contributed by atoms with E-state index in [0.717, 1.165) is 10.9 Å². The quantitative estimate of drug-likeness (QED) is 0.881. The van der Waals surface area contributed by atoms with Crippen LogP contribution in [0.25, 0.3) is 0 Å². The molecule has 2 nitrogen and oxygen atoms in total. The van der Waals surface area contributed by atoms with Gasteiger partial charge in [0.1, 0.15) is 11.6 Å². The van der Waals surface area contributed by atoms with Gasteiger partial charge in [-0.05, 0) is 42.8 Å². The Morgan fingerprint density at radius 3 is 2.75 bits per heavy atom. The number of aromatic nitrogens is 1. The van der Waals surface area contributed by atoms with Gasteiger partial charge in [0.05, 0.1) is 12.2 Å². The van der Waals surface area contributed by atoms with Crippen LogP contribution in [0.15, 0.2) is 41.1 Å². The van der Waals surface area contributed by atoms with E-state index in [1.165, 1.54) is 24.5 Å². The van der Waals surface area contributed by atoms with E-state index in [-0.39, 0.29) is 5.82 Å². The van der Waals surface area contributed by atoms with Gasteiger partial charge in [0.15, 0.2) is 0 Å². The van der Waals surface area contributed by atoms with Gasteiger partial charge in [-0.1, -0.05) is 22.9 Å². The molecule has 0 aliphatic carbocycles. The van der Waals surface area contributed by atoms with E-state index in [9.17, 15) is 8.78 Å². The molecule has 1 heterocycles. The highest BCUT2D eigenvalue weighted by molar-refractivity contribution is 9.10. The van der Waals surface area contributed by atoms with Crippen LogP contribution in [0.5, 0.6) is 0 Å². The second kappa shape index (κ2) is 6.90. The minimum absolute atomic E-state index is 0.346. The third-order valence-corrected chi connectivity index (χ3v) is 3.70. The molecule has 2 rings (SSSR count). The summed E-state index contributed by atoms with van der Waals surface area (Å²) in [5.41, 5.74) is 1.13. The second-order valence-corrected chi connectivity index (χ2v) is 5.30. The number of rotatable bonds is 5. The molecular formula is C15H15BrF2N2. The average Bonchev–Trinajstić information content (AvgIpc) is 2.44. The highest BCUT2D eigenvalue weighted by Gasteiger charge is 2.20. The maximum Gasteiger partial charge on any atom is 0.146 e. The van der Waals surface area contributed by atoms with Crippen LogP contribution in [0.2, 0.25) is 0 Å². The molecule has 0 saturated heterocycles. The van der Waals surface area contributed by atoms with Gasteiger partial charge >= 0.3 is 0 Å². The number of hydrogen-bond acceptors (Lipinski definition) is 2. The molecular weight excluding hydrogens is 326 g/mol. The molecule has 20 heavy (non-hydrogen) atoms. The number of pyridine rings is 1. The molecule has 0 saturated carbocycles. The highest BCUT2D eigenvalue weighted by atomic mass is 79.9. The summed E-state index contributed by atoms with van der Waals surface area (Å²) in [5, 5.41) is 3.25. The Morgan fingerprint density at radius 1 is 1.25 bits per heavy atom. The molecule has 1 atom stereocenters. The van der Waals surface area contributed by atoms with E-state index in [2.05, 4.69) is 26.2 Å². The first-order valence-corrected chi connectivity index (χ1v) is 7.20. The fraction of sp³-hybridized carbons (Fsp3) is 0.267. The van der Waals surface area contributed by atoms with Crippen molar-refractivity contribution in [2.75, 3.05) is 6.54 Å².